The molecule has 0 saturated carbocycles. The van der Waals surface area contributed by atoms with Crippen molar-refractivity contribution in [3.05, 3.63) is 0 Å². The van der Waals surface area contributed by atoms with Crippen LogP contribution in [0.25, 0.3) is 0 Å². The predicted octanol–water partition coefficient (Wildman–Crippen LogP) is 0.990. The van der Waals surface area contributed by atoms with Crippen LogP contribution in [0.2, 0.25) is 0 Å². The number of hydrogen-bond donors (Lipinski definition) is 0. The highest BCUT2D eigenvalue weighted by molar-refractivity contribution is 9.09. The number of halogens is 1. The maximum absolute atomic E-state index is 11.4. The van der Waals surface area contributed by atoms with Crippen LogP contribution in [0.5, 0.6) is 0 Å². The van der Waals surface area contributed by atoms with Crippen LogP contribution < -0.4 is 0 Å². The molecule has 2 unspecified atom stereocenters. The van der Waals surface area contributed by atoms with Crippen LogP contribution in [0.4, 0.5) is 0 Å². The molecule has 0 N–H and O–H groups in total. The zero-order valence-electron chi connectivity index (χ0n) is 9.10. The molecule has 2 atom stereocenters. The minimum Gasteiger partial charge on any atom is -0.381 e. The van der Waals surface area contributed by atoms with E-state index >= 15 is 0 Å². The summed E-state index contributed by atoms with van der Waals surface area (Å²) in [4.78, 5) is -0.0441. The molecule has 2 saturated heterocycles. The molecule has 0 amide bonds. The van der Waals surface area contributed by atoms with Gasteiger partial charge in [0.25, 0.3) is 0 Å². The van der Waals surface area contributed by atoms with Gasteiger partial charge in [0.2, 0.25) is 0 Å². The highest BCUT2D eigenvalue weighted by Gasteiger charge is 2.37. The third-order valence-electron chi connectivity index (χ3n) is 3.12. The van der Waals surface area contributed by atoms with Crippen LogP contribution in [0.15, 0.2) is 0 Å². The van der Waals surface area contributed by atoms with E-state index in [4.69, 9.17) is 9.47 Å². The lowest BCUT2D eigenvalue weighted by Gasteiger charge is -2.24. The third-order valence-corrected chi connectivity index (χ3v) is 6.17. The second-order valence-corrected chi connectivity index (χ2v) is 7.85. The maximum atomic E-state index is 11.4. The monoisotopic (exact) mass is 312 g/mol. The fourth-order valence-corrected chi connectivity index (χ4v) is 5.56. The van der Waals surface area contributed by atoms with Gasteiger partial charge in [0, 0.05) is 13.2 Å². The molecule has 6 heteroatoms. The van der Waals surface area contributed by atoms with Gasteiger partial charge in [0.1, 0.15) is 0 Å². The molecule has 16 heavy (non-hydrogen) atoms. The van der Waals surface area contributed by atoms with Crippen LogP contribution in [0, 0.1) is 5.92 Å². The molecule has 0 spiro atoms. The summed E-state index contributed by atoms with van der Waals surface area (Å²) in [5.74, 6) is 0.883. The Balaban J connectivity index is 1.77. The lowest BCUT2D eigenvalue weighted by molar-refractivity contribution is -0.000473. The van der Waals surface area contributed by atoms with Gasteiger partial charge in [0.15, 0.2) is 9.84 Å². The lowest BCUT2D eigenvalue weighted by Crippen LogP contribution is -2.28. The Morgan fingerprint density at radius 1 is 1.25 bits per heavy atom. The lowest BCUT2D eigenvalue weighted by atomic mass is 10.0. The molecular weight excluding hydrogens is 296 g/mol. The average molecular weight is 313 g/mol. The molecule has 0 bridgehead atoms. The average Bonchev–Trinajstić information content (AvgIpc) is 2.50. The predicted molar refractivity (Wildman–Crippen MR) is 64.7 cm³/mol. The van der Waals surface area contributed by atoms with Gasteiger partial charge in [0.05, 0.1) is 29.0 Å². The first-order valence-corrected chi connectivity index (χ1v) is 8.34. The van der Waals surface area contributed by atoms with Crippen LogP contribution in [0.3, 0.4) is 0 Å². The summed E-state index contributed by atoms with van der Waals surface area (Å²) < 4.78 is 33.7. The number of hydrogen-bond acceptors (Lipinski definition) is 4. The Hall–Kier alpha value is 0.350. The first kappa shape index (κ1) is 12.8. The molecule has 0 aromatic heterocycles. The Kier molecular flexibility index (Phi) is 4.26. The molecule has 0 aliphatic carbocycles. The molecular formula is C10H17BrO4S. The molecule has 0 radical (unpaired) electrons. The second kappa shape index (κ2) is 5.33. The van der Waals surface area contributed by atoms with Crippen molar-refractivity contribution in [2.45, 2.75) is 23.8 Å². The van der Waals surface area contributed by atoms with Gasteiger partial charge in [-0.1, -0.05) is 15.9 Å². The van der Waals surface area contributed by atoms with Crippen molar-refractivity contribution in [1.29, 1.82) is 0 Å². The van der Waals surface area contributed by atoms with E-state index in [1.165, 1.54) is 0 Å². The minimum atomic E-state index is -2.89. The first-order valence-electron chi connectivity index (χ1n) is 5.61. The van der Waals surface area contributed by atoms with E-state index in [1.807, 2.05) is 0 Å². The van der Waals surface area contributed by atoms with Crippen molar-refractivity contribution in [2.24, 2.45) is 5.92 Å². The van der Waals surface area contributed by atoms with Crippen molar-refractivity contribution in [3.63, 3.8) is 0 Å². The van der Waals surface area contributed by atoms with Crippen molar-refractivity contribution in [2.75, 3.05) is 31.3 Å². The fraction of sp³-hybridized carbons (Fsp3) is 1.00. The summed E-state index contributed by atoms with van der Waals surface area (Å²) in [6, 6.07) is 0. The smallest absolute Gasteiger partial charge is 0.154 e. The largest absolute Gasteiger partial charge is 0.381 e. The van der Waals surface area contributed by atoms with Crippen molar-refractivity contribution in [3.8, 4) is 0 Å². The van der Waals surface area contributed by atoms with E-state index in [0.717, 1.165) is 26.1 Å². The van der Waals surface area contributed by atoms with Crippen molar-refractivity contribution < 1.29 is 17.9 Å². The number of sulfone groups is 1. The molecule has 2 rings (SSSR count). The molecule has 2 aliphatic rings. The van der Waals surface area contributed by atoms with Gasteiger partial charge in [-0.05, 0) is 18.8 Å². The van der Waals surface area contributed by atoms with Gasteiger partial charge in [-0.2, -0.15) is 0 Å². The van der Waals surface area contributed by atoms with Gasteiger partial charge in [-0.25, -0.2) is 8.42 Å². The third kappa shape index (κ3) is 3.42. The van der Waals surface area contributed by atoms with Crippen LogP contribution in [0.1, 0.15) is 12.8 Å². The van der Waals surface area contributed by atoms with E-state index in [-0.39, 0.29) is 22.4 Å². The molecule has 2 heterocycles. The standard InChI is InChI=1S/C10H17BrO4S/c11-9-6-16(12,13)7-10(9)15-5-8-1-3-14-4-2-8/h8-10H,1-7H2. The molecule has 0 aromatic rings. The Morgan fingerprint density at radius 3 is 2.50 bits per heavy atom. The van der Waals surface area contributed by atoms with E-state index in [9.17, 15) is 8.42 Å². The molecule has 4 nitrogen and oxygen atoms in total. The SMILES string of the molecule is O=S1(=O)CC(Br)C(OCC2CCOCC2)C1. The van der Waals surface area contributed by atoms with E-state index in [1.54, 1.807) is 0 Å². The number of rotatable bonds is 3. The molecule has 2 fully saturated rings. The summed E-state index contributed by atoms with van der Waals surface area (Å²) in [5.41, 5.74) is 0. The van der Waals surface area contributed by atoms with Crippen molar-refractivity contribution >= 4 is 25.8 Å². The summed E-state index contributed by atoms with van der Waals surface area (Å²) in [6.45, 7) is 2.26. The summed E-state index contributed by atoms with van der Waals surface area (Å²) in [6.07, 6.45) is 1.87. The highest BCUT2D eigenvalue weighted by atomic mass is 79.9. The Bertz CT molecular complexity index is 324. The zero-order chi connectivity index (χ0) is 11.6. The van der Waals surface area contributed by atoms with Crippen LogP contribution >= 0.6 is 15.9 Å². The highest BCUT2D eigenvalue weighted by Crippen LogP contribution is 2.24. The maximum Gasteiger partial charge on any atom is 0.154 e. The number of ether oxygens (including phenoxy) is 2. The minimum absolute atomic E-state index is 0.0441. The van der Waals surface area contributed by atoms with E-state index in [0.29, 0.717) is 12.5 Å². The Morgan fingerprint density at radius 2 is 1.94 bits per heavy atom. The quantitative estimate of drug-likeness (QED) is 0.729. The van der Waals surface area contributed by atoms with Gasteiger partial charge < -0.3 is 9.47 Å². The summed E-state index contributed by atoms with van der Waals surface area (Å²) in [5, 5.41) is 0. The second-order valence-electron chi connectivity index (χ2n) is 4.52. The first-order chi connectivity index (χ1) is 7.57. The van der Waals surface area contributed by atoms with E-state index < -0.39 is 9.84 Å². The topological polar surface area (TPSA) is 52.6 Å². The molecule has 94 valence electrons. The fourth-order valence-electron chi connectivity index (χ4n) is 2.10. The normalized spacial score (nSPS) is 35.3. The van der Waals surface area contributed by atoms with Gasteiger partial charge >= 0.3 is 0 Å². The van der Waals surface area contributed by atoms with Crippen LogP contribution in [-0.2, 0) is 19.3 Å². The van der Waals surface area contributed by atoms with Crippen LogP contribution in [-0.4, -0.2) is 50.7 Å². The van der Waals surface area contributed by atoms with Crippen molar-refractivity contribution in [1.82, 2.24) is 0 Å². The molecule has 0 aromatic carbocycles. The van der Waals surface area contributed by atoms with E-state index in [2.05, 4.69) is 15.9 Å². The summed E-state index contributed by atoms with van der Waals surface area (Å²) in [7, 11) is -2.89. The Labute approximate surface area is 105 Å². The zero-order valence-corrected chi connectivity index (χ0v) is 11.5. The van der Waals surface area contributed by atoms with Gasteiger partial charge in [-0.3, -0.25) is 0 Å². The van der Waals surface area contributed by atoms with Gasteiger partial charge in [-0.15, -0.1) is 0 Å². The number of alkyl halides is 1. The molecule has 2 aliphatic heterocycles. The summed E-state index contributed by atoms with van der Waals surface area (Å²) >= 11 is 3.38.